The Kier molecular flexibility index (Phi) is 8.71. The summed E-state index contributed by atoms with van der Waals surface area (Å²) in [6.45, 7) is 3.01. The van der Waals surface area contributed by atoms with E-state index in [0.717, 1.165) is 12.3 Å². The van der Waals surface area contributed by atoms with E-state index in [4.69, 9.17) is 5.73 Å². The van der Waals surface area contributed by atoms with Gasteiger partial charge in [0.05, 0.1) is 6.54 Å². The van der Waals surface area contributed by atoms with Gasteiger partial charge in [-0.3, -0.25) is 4.79 Å². The molecule has 12 heavy (non-hydrogen) atoms. The molecule has 3 nitrogen and oxygen atoms in total. The van der Waals surface area contributed by atoms with Crippen LogP contribution in [0.3, 0.4) is 0 Å². The van der Waals surface area contributed by atoms with E-state index in [0.29, 0.717) is 0 Å². The molecular weight excluding hydrogens is 172 g/mol. The zero-order valence-corrected chi connectivity index (χ0v) is 8.45. The first-order chi connectivity index (χ1) is 5.81. The van der Waals surface area contributed by atoms with Crippen molar-refractivity contribution in [1.82, 2.24) is 5.32 Å². The van der Waals surface area contributed by atoms with Gasteiger partial charge in [-0.05, 0) is 12.2 Å². The number of carbonyl (C=O) groups excluding carboxylic acids is 1. The summed E-state index contributed by atoms with van der Waals surface area (Å²) in [5.41, 5.74) is 5.12. The van der Waals surface area contributed by atoms with Gasteiger partial charge >= 0.3 is 0 Å². The van der Waals surface area contributed by atoms with Gasteiger partial charge in [0, 0.05) is 12.3 Å². The summed E-state index contributed by atoms with van der Waals surface area (Å²) >= 11 is 1.87. The van der Waals surface area contributed by atoms with Crippen molar-refractivity contribution in [3.8, 4) is 0 Å². The second-order valence-corrected chi connectivity index (χ2v) is 3.74. The minimum Gasteiger partial charge on any atom is -0.354 e. The van der Waals surface area contributed by atoms with Gasteiger partial charge in [0.2, 0.25) is 5.91 Å². The van der Waals surface area contributed by atoms with Crippen LogP contribution < -0.4 is 11.1 Å². The van der Waals surface area contributed by atoms with E-state index >= 15 is 0 Å². The molecule has 0 spiro atoms. The minimum absolute atomic E-state index is 0.0638. The predicted octanol–water partition coefficient (Wildman–Crippen LogP) is 0.595. The lowest BCUT2D eigenvalue weighted by Crippen LogP contribution is -2.31. The topological polar surface area (TPSA) is 55.1 Å². The summed E-state index contributed by atoms with van der Waals surface area (Å²) < 4.78 is 0. The highest BCUT2D eigenvalue weighted by Crippen LogP contribution is 2.02. The first kappa shape index (κ1) is 11.8. The summed E-state index contributed by atoms with van der Waals surface area (Å²) in [5, 5.41) is 2.72. The molecule has 0 aliphatic rings. The maximum Gasteiger partial charge on any atom is 0.233 e. The monoisotopic (exact) mass is 190 g/mol. The molecule has 0 aromatic heterocycles. The molecule has 0 radical (unpaired) electrons. The van der Waals surface area contributed by atoms with Crippen molar-refractivity contribution >= 4 is 17.7 Å². The highest BCUT2D eigenvalue weighted by Gasteiger charge is 1.94. The standard InChI is InChI=1S/C8H18N2OS/c1-2-3-5-12-6-4-10-8(11)7-9/h2-7,9H2,1H3,(H,10,11). The van der Waals surface area contributed by atoms with Crippen molar-refractivity contribution in [1.29, 1.82) is 0 Å². The highest BCUT2D eigenvalue weighted by atomic mass is 32.2. The van der Waals surface area contributed by atoms with E-state index in [9.17, 15) is 4.79 Å². The first-order valence-corrected chi connectivity index (χ1v) is 5.51. The molecule has 0 atom stereocenters. The van der Waals surface area contributed by atoms with E-state index < -0.39 is 0 Å². The molecular formula is C8H18N2OS. The molecule has 0 fully saturated rings. The summed E-state index contributed by atoms with van der Waals surface area (Å²) in [6, 6.07) is 0. The summed E-state index contributed by atoms with van der Waals surface area (Å²) in [4.78, 5) is 10.7. The lowest BCUT2D eigenvalue weighted by Gasteiger charge is -2.02. The third-order valence-electron chi connectivity index (χ3n) is 1.40. The fourth-order valence-electron chi connectivity index (χ4n) is 0.683. The average molecular weight is 190 g/mol. The number of nitrogens with one attached hydrogen (secondary N) is 1. The summed E-state index contributed by atoms with van der Waals surface area (Å²) in [6.07, 6.45) is 2.50. The van der Waals surface area contributed by atoms with Gasteiger partial charge in [0.1, 0.15) is 0 Å². The lowest BCUT2D eigenvalue weighted by molar-refractivity contribution is -0.119. The molecule has 0 saturated carbocycles. The van der Waals surface area contributed by atoms with Crippen LogP contribution in [-0.2, 0) is 4.79 Å². The van der Waals surface area contributed by atoms with Gasteiger partial charge in [-0.2, -0.15) is 11.8 Å². The van der Waals surface area contributed by atoms with Gasteiger partial charge in [-0.15, -0.1) is 0 Å². The number of amides is 1. The molecule has 0 rings (SSSR count). The minimum atomic E-state index is -0.0638. The number of unbranched alkanes of at least 4 members (excludes halogenated alkanes) is 1. The Bertz CT molecular complexity index is 120. The molecule has 4 heteroatoms. The third kappa shape index (κ3) is 7.88. The molecule has 0 heterocycles. The molecule has 0 bridgehead atoms. The number of thioether (sulfide) groups is 1. The van der Waals surface area contributed by atoms with Gasteiger partial charge in [0.15, 0.2) is 0 Å². The van der Waals surface area contributed by atoms with Crippen LogP contribution in [0.15, 0.2) is 0 Å². The lowest BCUT2D eigenvalue weighted by atomic mass is 10.4. The first-order valence-electron chi connectivity index (χ1n) is 4.35. The van der Waals surface area contributed by atoms with Gasteiger partial charge < -0.3 is 11.1 Å². The summed E-state index contributed by atoms with van der Waals surface area (Å²) in [5.74, 6) is 2.12. The molecule has 0 aromatic carbocycles. The van der Waals surface area contributed by atoms with Gasteiger partial charge in [0.25, 0.3) is 0 Å². The Morgan fingerprint density at radius 1 is 1.50 bits per heavy atom. The van der Waals surface area contributed by atoms with Crippen LogP contribution in [0.5, 0.6) is 0 Å². The van der Waals surface area contributed by atoms with Crippen molar-refractivity contribution < 1.29 is 4.79 Å². The Balaban J connectivity index is 2.95. The Morgan fingerprint density at radius 3 is 2.83 bits per heavy atom. The maximum absolute atomic E-state index is 10.7. The van der Waals surface area contributed by atoms with E-state index in [1.54, 1.807) is 0 Å². The fraction of sp³-hybridized carbons (Fsp3) is 0.875. The Morgan fingerprint density at radius 2 is 2.25 bits per heavy atom. The van der Waals surface area contributed by atoms with Crippen LogP contribution in [0.1, 0.15) is 19.8 Å². The van der Waals surface area contributed by atoms with Crippen LogP contribution in [0, 0.1) is 0 Å². The second-order valence-electron chi connectivity index (χ2n) is 2.52. The highest BCUT2D eigenvalue weighted by molar-refractivity contribution is 7.99. The number of hydrogen-bond donors (Lipinski definition) is 2. The molecule has 0 aromatic rings. The fourth-order valence-corrected chi connectivity index (χ4v) is 1.63. The maximum atomic E-state index is 10.7. The largest absolute Gasteiger partial charge is 0.354 e. The van der Waals surface area contributed by atoms with Crippen LogP contribution >= 0.6 is 11.8 Å². The number of nitrogens with two attached hydrogens (primary N) is 1. The van der Waals surface area contributed by atoms with E-state index in [1.807, 2.05) is 11.8 Å². The van der Waals surface area contributed by atoms with Crippen LogP contribution in [0.25, 0.3) is 0 Å². The molecule has 0 saturated heterocycles. The normalized spacial score (nSPS) is 9.83. The Labute approximate surface area is 78.5 Å². The van der Waals surface area contributed by atoms with Crippen molar-refractivity contribution in [2.24, 2.45) is 5.73 Å². The summed E-state index contributed by atoms with van der Waals surface area (Å²) in [7, 11) is 0. The molecule has 0 unspecified atom stereocenters. The molecule has 72 valence electrons. The number of rotatable bonds is 7. The van der Waals surface area contributed by atoms with E-state index in [-0.39, 0.29) is 12.5 Å². The molecule has 0 aliphatic heterocycles. The second kappa shape index (κ2) is 8.87. The zero-order valence-electron chi connectivity index (χ0n) is 7.64. The zero-order chi connectivity index (χ0) is 9.23. The molecule has 0 aliphatic carbocycles. The smallest absolute Gasteiger partial charge is 0.233 e. The quantitative estimate of drug-likeness (QED) is 0.578. The van der Waals surface area contributed by atoms with Crippen molar-refractivity contribution in [2.75, 3.05) is 24.6 Å². The predicted molar refractivity (Wildman–Crippen MR) is 54.3 cm³/mol. The molecule has 3 N–H and O–H groups in total. The van der Waals surface area contributed by atoms with Crippen molar-refractivity contribution in [3.05, 3.63) is 0 Å². The van der Waals surface area contributed by atoms with Crippen LogP contribution in [-0.4, -0.2) is 30.5 Å². The van der Waals surface area contributed by atoms with Gasteiger partial charge in [-0.25, -0.2) is 0 Å². The van der Waals surface area contributed by atoms with Crippen molar-refractivity contribution in [3.63, 3.8) is 0 Å². The molecule has 1 amide bonds. The Hall–Kier alpha value is -0.220. The SMILES string of the molecule is CCCCSCCNC(=O)CN. The van der Waals surface area contributed by atoms with Crippen molar-refractivity contribution in [2.45, 2.75) is 19.8 Å². The number of hydrogen-bond acceptors (Lipinski definition) is 3. The average Bonchev–Trinajstić information content (AvgIpc) is 2.10. The van der Waals surface area contributed by atoms with E-state index in [2.05, 4.69) is 12.2 Å². The van der Waals surface area contributed by atoms with Gasteiger partial charge in [-0.1, -0.05) is 13.3 Å². The van der Waals surface area contributed by atoms with Crippen LogP contribution in [0.4, 0.5) is 0 Å². The third-order valence-corrected chi connectivity index (χ3v) is 2.47. The van der Waals surface area contributed by atoms with Crippen LogP contribution in [0.2, 0.25) is 0 Å². The van der Waals surface area contributed by atoms with E-state index in [1.165, 1.54) is 18.6 Å². The number of carbonyl (C=O) groups is 1.